The largest absolute Gasteiger partial charge is 0.505 e. The Morgan fingerprint density at radius 2 is 2.00 bits per heavy atom. The first kappa shape index (κ1) is 12.7. The number of rotatable bonds is 1. The summed E-state index contributed by atoms with van der Waals surface area (Å²) in [7, 11) is 0. The van der Waals surface area contributed by atoms with Gasteiger partial charge in [0.05, 0.1) is 11.3 Å². The molecule has 0 atom stereocenters. The van der Waals surface area contributed by atoms with Crippen molar-refractivity contribution in [3.05, 3.63) is 24.0 Å². The van der Waals surface area contributed by atoms with Crippen LogP contribution in [0, 0.1) is 0 Å². The van der Waals surface area contributed by atoms with E-state index < -0.39 is 12.0 Å². The Morgan fingerprint density at radius 3 is 2.70 bits per heavy atom. The van der Waals surface area contributed by atoms with Crippen LogP contribution in [0.3, 0.4) is 0 Å². The molecule has 2 aromatic heterocycles. The number of nitrogens with zero attached hydrogens (tertiary/aromatic N) is 4. The van der Waals surface area contributed by atoms with Crippen molar-refractivity contribution in [1.82, 2.24) is 19.8 Å². The van der Waals surface area contributed by atoms with Crippen molar-refractivity contribution < 1.29 is 18.3 Å². The van der Waals surface area contributed by atoms with E-state index in [2.05, 4.69) is 15.3 Å². The van der Waals surface area contributed by atoms with Crippen molar-refractivity contribution in [2.45, 2.75) is 6.18 Å². The van der Waals surface area contributed by atoms with Gasteiger partial charge in [0, 0.05) is 0 Å². The first-order valence-electron chi connectivity index (χ1n) is 5.25. The number of hydrogen-bond acceptors (Lipinski definition) is 6. The maximum atomic E-state index is 12.7. The third kappa shape index (κ3) is 1.84. The number of phenols is 1. The van der Waals surface area contributed by atoms with Crippen molar-refractivity contribution in [3.63, 3.8) is 0 Å². The minimum absolute atomic E-state index is 0.0193. The molecule has 0 unspecified atom stereocenters. The van der Waals surface area contributed by atoms with Gasteiger partial charge in [-0.1, -0.05) is 17.4 Å². The lowest BCUT2D eigenvalue weighted by Crippen LogP contribution is -2.11. The first-order valence-corrected chi connectivity index (χ1v) is 6.07. The van der Waals surface area contributed by atoms with E-state index in [1.54, 1.807) is 6.07 Å². The molecule has 0 aliphatic carbocycles. The van der Waals surface area contributed by atoms with E-state index >= 15 is 0 Å². The fraction of sp³-hybridized carbons (Fsp3) is 0.100. The molecule has 20 heavy (non-hydrogen) atoms. The maximum absolute atomic E-state index is 12.7. The monoisotopic (exact) mass is 301 g/mol. The van der Waals surface area contributed by atoms with Gasteiger partial charge >= 0.3 is 6.18 Å². The molecule has 0 saturated heterocycles. The quantitative estimate of drug-likeness (QED) is 0.531. The predicted octanol–water partition coefficient (Wildman–Crippen LogP) is 2.16. The lowest BCUT2D eigenvalue weighted by molar-refractivity contribution is -0.146. The molecule has 0 saturated carbocycles. The Morgan fingerprint density at radius 1 is 1.25 bits per heavy atom. The Labute approximate surface area is 113 Å². The van der Waals surface area contributed by atoms with Gasteiger partial charge in [-0.15, -0.1) is 10.2 Å². The second kappa shape index (κ2) is 4.07. The van der Waals surface area contributed by atoms with Crippen LogP contribution in [0.25, 0.3) is 15.5 Å². The Bertz CT molecular complexity index is 794. The van der Waals surface area contributed by atoms with E-state index in [9.17, 15) is 18.3 Å². The summed E-state index contributed by atoms with van der Waals surface area (Å²) in [5.74, 6) is -1.44. The van der Waals surface area contributed by atoms with Crippen LogP contribution in [-0.4, -0.2) is 24.9 Å². The fourth-order valence-electron chi connectivity index (χ4n) is 1.64. The number of halogens is 3. The van der Waals surface area contributed by atoms with Crippen molar-refractivity contribution in [2.24, 2.45) is 0 Å². The Balaban J connectivity index is 2.19. The van der Waals surface area contributed by atoms with Gasteiger partial charge in [0.15, 0.2) is 5.01 Å². The molecule has 0 radical (unpaired) electrons. The van der Waals surface area contributed by atoms with E-state index in [0.29, 0.717) is 4.52 Å². The van der Waals surface area contributed by atoms with Crippen molar-refractivity contribution in [3.8, 4) is 16.3 Å². The number of hydrogen-bond donors (Lipinski definition) is 2. The molecule has 3 rings (SSSR count). The molecule has 3 N–H and O–H groups in total. The predicted molar refractivity (Wildman–Crippen MR) is 65.2 cm³/mol. The third-order valence-electron chi connectivity index (χ3n) is 2.54. The Kier molecular flexibility index (Phi) is 2.57. The normalized spacial score (nSPS) is 12.2. The first-order chi connectivity index (χ1) is 9.38. The van der Waals surface area contributed by atoms with E-state index in [1.807, 2.05) is 0 Å². The summed E-state index contributed by atoms with van der Waals surface area (Å²) in [6.07, 6.45) is -4.65. The SMILES string of the molecule is Nc1cccc(-c2nn3c(C(F)(F)F)nnc3s2)c1O. The van der Waals surface area contributed by atoms with Crippen LogP contribution in [0.1, 0.15) is 5.82 Å². The zero-order valence-electron chi connectivity index (χ0n) is 9.59. The van der Waals surface area contributed by atoms with Crippen LogP contribution in [0.5, 0.6) is 5.75 Å². The summed E-state index contributed by atoms with van der Waals surface area (Å²) in [5.41, 5.74) is 5.90. The third-order valence-corrected chi connectivity index (χ3v) is 3.47. The number of para-hydroxylation sites is 1. The van der Waals surface area contributed by atoms with Gasteiger partial charge in [-0.3, -0.25) is 0 Å². The molecule has 104 valence electrons. The van der Waals surface area contributed by atoms with Gasteiger partial charge in [-0.2, -0.15) is 22.8 Å². The number of phenolic OH excluding ortho intramolecular Hbond substituents is 1. The van der Waals surface area contributed by atoms with Crippen LogP contribution in [0.15, 0.2) is 18.2 Å². The van der Waals surface area contributed by atoms with Crippen LogP contribution >= 0.6 is 11.3 Å². The second-order valence-corrected chi connectivity index (χ2v) is 4.82. The van der Waals surface area contributed by atoms with Crippen molar-refractivity contribution in [2.75, 3.05) is 5.73 Å². The van der Waals surface area contributed by atoms with Crippen LogP contribution in [0.2, 0.25) is 0 Å². The van der Waals surface area contributed by atoms with Gasteiger partial charge in [0.1, 0.15) is 5.75 Å². The van der Waals surface area contributed by atoms with Gasteiger partial charge in [-0.05, 0) is 12.1 Å². The van der Waals surface area contributed by atoms with Gasteiger partial charge in [0.2, 0.25) is 4.96 Å². The minimum atomic E-state index is -4.65. The van der Waals surface area contributed by atoms with Crippen molar-refractivity contribution in [1.29, 1.82) is 0 Å². The summed E-state index contributed by atoms with van der Waals surface area (Å²) in [5, 5.41) is 20.2. The lowest BCUT2D eigenvalue weighted by Gasteiger charge is -2.03. The fourth-order valence-corrected chi connectivity index (χ4v) is 2.50. The topological polar surface area (TPSA) is 89.3 Å². The number of aromatic hydroxyl groups is 1. The molecular formula is C10H6F3N5OS. The highest BCUT2D eigenvalue weighted by Crippen LogP contribution is 2.37. The van der Waals surface area contributed by atoms with E-state index in [4.69, 9.17) is 5.73 Å². The molecule has 2 heterocycles. The Hall–Kier alpha value is -2.36. The molecule has 0 bridgehead atoms. The maximum Gasteiger partial charge on any atom is 0.453 e. The molecule has 0 aliphatic heterocycles. The van der Waals surface area contributed by atoms with Gasteiger partial charge in [-0.25, -0.2) is 0 Å². The summed E-state index contributed by atoms with van der Waals surface area (Å²) in [6, 6.07) is 4.54. The number of anilines is 1. The zero-order valence-corrected chi connectivity index (χ0v) is 10.4. The van der Waals surface area contributed by atoms with E-state index in [1.165, 1.54) is 12.1 Å². The summed E-state index contributed by atoms with van der Waals surface area (Å²) in [4.78, 5) is -0.0193. The molecule has 10 heteroatoms. The van der Waals surface area contributed by atoms with Crippen LogP contribution < -0.4 is 5.73 Å². The second-order valence-electron chi connectivity index (χ2n) is 3.87. The highest BCUT2D eigenvalue weighted by molar-refractivity contribution is 7.19. The molecule has 0 fully saturated rings. The van der Waals surface area contributed by atoms with Crippen molar-refractivity contribution >= 4 is 22.0 Å². The smallest absolute Gasteiger partial charge is 0.453 e. The van der Waals surface area contributed by atoms with Gasteiger partial charge in [0.25, 0.3) is 5.82 Å². The lowest BCUT2D eigenvalue weighted by atomic mass is 10.2. The van der Waals surface area contributed by atoms with Gasteiger partial charge < -0.3 is 10.8 Å². The standard InChI is InChI=1S/C10H6F3N5OS/c11-10(12,13)8-15-16-9-18(8)17-7(20-9)4-2-1-3-5(14)6(4)19/h1-3,19H,14H2. The average molecular weight is 301 g/mol. The number of aromatic nitrogens is 4. The molecule has 1 aromatic carbocycles. The minimum Gasteiger partial charge on any atom is -0.505 e. The molecular weight excluding hydrogens is 295 g/mol. The van der Waals surface area contributed by atoms with Crippen LogP contribution in [0.4, 0.5) is 18.9 Å². The molecule has 6 nitrogen and oxygen atoms in total. The molecule has 0 spiro atoms. The highest BCUT2D eigenvalue weighted by Gasteiger charge is 2.38. The zero-order chi connectivity index (χ0) is 14.5. The number of nitrogens with two attached hydrogens (primary N) is 1. The molecule has 3 aromatic rings. The van der Waals surface area contributed by atoms with Crippen LogP contribution in [-0.2, 0) is 6.18 Å². The molecule has 0 amide bonds. The summed E-state index contributed by atoms with van der Waals surface area (Å²) < 4.78 is 38.6. The number of fused-ring (bicyclic) bond motifs is 1. The van der Waals surface area contributed by atoms with E-state index in [0.717, 1.165) is 11.3 Å². The molecule has 0 aliphatic rings. The van der Waals surface area contributed by atoms with E-state index in [-0.39, 0.29) is 27.0 Å². The summed E-state index contributed by atoms with van der Waals surface area (Å²) >= 11 is 0.873. The number of benzene rings is 1. The number of alkyl halides is 3. The summed E-state index contributed by atoms with van der Waals surface area (Å²) in [6.45, 7) is 0. The number of nitrogen functional groups attached to an aromatic ring is 1. The highest BCUT2D eigenvalue weighted by atomic mass is 32.1. The average Bonchev–Trinajstić information content (AvgIpc) is 2.90.